The van der Waals surface area contributed by atoms with Gasteiger partial charge in [0.15, 0.2) is 17.3 Å². The molecule has 156 valence electrons. The van der Waals surface area contributed by atoms with E-state index in [1.165, 1.54) is 6.20 Å². The molecule has 0 spiro atoms. The van der Waals surface area contributed by atoms with Gasteiger partial charge in [-0.1, -0.05) is 5.16 Å². The molecule has 30 heavy (non-hydrogen) atoms. The summed E-state index contributed by atoms with van der Waals surface area (Å²) in [6, 6.07) is 5.41. The second-order valence-electron chi connectivity index (χ2n) is 7.05. The normalized spacial score (nSPS) is 14.7. The standard InChI is InChI=1S/C20H21N5O5/c1-27-8-9-28-20(26)25-6-3-13(4-7-25)10-18-23-19(30-24-18)17-11-14-15(12-21)22-5-2-16(14)29-17/h2,5,11,13H,3-4,6-10H2,1H3. The van der Waals surface area contributed by atoms with Crippen molar-refractivity contribution in [2.75, 3.05) is 33.4 Å². The van der Waals surface area contributed by atoms with Crippen LogP contribution in [0.25, 0.3) is 22.6 Å². The van der Waals surface area contributed by atoms with Crippen molar-refractivity contribution >= 4 is 17.1 Å². The fourth-order valence-electron chi connectivity index (χ4n) is 3.48. The number of nitriles is 1. The number of methoxy groups -OCH3 is 1. The number of amides is 1. The summed E-state index contributed by atoms with van der Waals surface area (Å²) < 4.78 is 21.1. The molecule has 4 heterocycles. The van der Waals surface area contributed by atoms with Crippen LogP contribution in [0.2, 0.25) is 0 Å². The Morgan fingerprint density at radius 1 is 1.37 bits per heavy atom. The van der Waals surface area contributed by atoms with Gasteiger partial charge in [-0.3, -0.25) is 0 Å². The summed E-state index contributed by atoms with van der Waals surface area (Å²) in [7, 11) is 1.57. The van der Waals surface area contributed by atoms with E-state index in [1.807, 2.05) is 6.07 Å². The molecule has 4 rings (SSSR count). The lowest BCUT2D eigenvalue weighted by atomic mass is 9.93. The zero-order chi connectivity index (χ0) is 20.9. The van der Waals surface area contributed by atoms with E-state index in [1.54, 1.807) is 24.1 Å². The van der Waals surface area contributed by atoms with Gasteiger partial charge in [-0.25, -0.2) is 9.78 Å². The molecule has 0 radical (unpaired) electrons. The first-order valence-corrected chi connectivity index (χ1v) is 9.70. The Kier molecular flexibility index (Phi) is 5.90. The summed E-state index contributed by atoms with van der Waals surface area (Å²) >= 11 is 0. The van der Waals surface area contributed by atoms with E-state index in [0.717, 1.165) is 12.8 Å². The van der Waals surface area contributed by atoms with E-state index in [9.17, 15) is 4.79 Å². The number of carbonyl (C=O) groups is 1. The Balaban J connectivity index is 1.35. The lowest BCUT2D eigenvalue weighted by Gasteiger charge is -2.30. The van der Waals surface area contributed by atoms with Crippen molar-refractivity contribution in [1.29, 1.82) is 5.26 Å². The fraction of sp³-hybridized carbons (Fsp3) is 0.450. The number of hydrogen-bond acceptors (Lipinski definition) is 9. The molecular weight excluding hydrogens is 390 g/mol. The molecule has 1 saturated heterocycles. The molecule has 0 unspecified atom stereocenters. The van der Waals surface area contributed by atoms with Crippen LogP contribution in [0.15, 0.2) is 27.3 Å². The molecule has 0 N–H and O–H groups in total. The summed E-state index contributed by atoms with van der Waals surface area (Å²) in [5, 5.41) is 13.8. The minimum atomic E-state index is -0.302. The van der Waals surface area contributed by atoms with Gasteiger partial charge in [0, 0.05) is 38.9 Å². The molecule has 3 aromatic rings. The third kappa shape index (κ3) is 4.26. The highest BCUT2D eigenvalue weighted by atomic mass is 16.6. The predicted molar refractivity (Wildman–Crippen MR) is 103 cm³/mol. The van der Waals surface area contributed by atoms with E-state index in [2.05, 4.69) is 15.1 Å². The van der Waals surface area contributed by atoms with Crippen LogP contribution in [-0.2, 0) is 15.9 Å². The molecule has 1 aliphatic rings. The average molecular weight is 411 g/mol. The highest BCUT2D eigenvalue weighted by Gasteiger charge is 2.25. The number of hydrogen-bond donors (Lipinski definition) is 0. The first-order valence-electron chi connectivity index (χ1n) is 9.70. The lowest BCUT2D eigenvalue weighted by Crippen LogP contribution is -2.39. The number of fused-ring (bicyclic) bond motifs is 1. The molecule has 3 aromatic heterocycles. The van der Waals surface area contributed by atoms with Crippen LogP contribution >= 0.6 is 0 Å². The van der Waals surface area contributed by atoms with Crippen molar-refractivity contribution in [2.45, 2.75) is 19.3 Å². The Labute approximate surface area is 172 Å². The van der Waals surface area contributed by atoms with Crippen LogP contribution in [0.1, 0.15) is 24.4 Å². The minimum absolute atomic E-state index is 0.259. The Morgan fingerprint density at radius 3 is 2.97 bits per heavy atom. The first kappa shape index (κ1) is 19.8. The number of carbonyl (C=O) groups excluding carboxylic acids is 1. The second-order valence-corrected chi connectivity index (χ2v) is 7.05. The predicted octanol–water partition coefficient (Wildman–Crippen LogP) is 2.79. The Morgan fingerprint density at radius 2 is 2.20 bits per heavy atom. The van der Waals surface area contributed by atoms with Crippen molar-refractivity contribution in [3.63, 3.8) is 0 Å². The van der Waals surface area contributed by atoms with Gasteiger partial charge in [0.2, 0.25) is 0 Å². The van der Waals surface area contributed by atoms with Gasteiger partial charge in [0.1, 0.15) is 18.3 Å². The summed E-state index contributed by atoms with van der Waals surface area (Å²) in [6.07, 6.45) is 3.55. The van der Waals surface area contributed by atoms with Crippen molar-refractivity contribution in [1.82, 2.24) is 20.0 Å². The second kappa shape index (κ2) is 8.92. The monoisotopic (exact) mass is 411 g/mol. The van der Waals surface area contributed by atoms with E-state index in [0.29, 0.717) is 54.6 Å². The molecule has 10 nitrogen and oxygen atoms in total. The molecule has 0 aliphatic carbocycles. The van der Waals surface area contributed by atoms with E-state index in [-0.39, 0.29) is 24.3 Å². The number of likely N-dealkylation sites (tertiary alicyclic amines) is 1. The summed E-state index contributed by atoms with van der Waals surface area (Å²) in [6.45, 7) is 1.92. The lowest BCUT2D eigenvalue weighted by molar-refractivity contribution is 0.0628. The zero-order valence-electron chi connectivity index (χ0n) is 16.5. The van der Waals surface area contributed by atoms with E-state index in [4.69, 9.17) is 23.7 Å². The summed E-state index contributed by atoms with van der Waals surface area (Å²) in [5.74, 6) is 1.61. The first-order chi connectivity index (χ1) is 14.7. The quantitative estimate of drug-likeness (QED) is 0.562. The minimum Gasteiger partial charge on any atom is -0.451 e. The topological polar surface area (TPSA) is 128 Å². The van der Waals surface area contributed by atoms with Gasteiger partial charge in [-0.15, -0.1) is 0 Å². The molecule has 1 fully saturated rings. The maximum Gasteiger partial charge on any atom is 0.409 e. The van der Waals surface area contributed by atoms with Crippen LogP contribution in [0.4, 0.5) is 4.79 Å². The van der Waals surface area contributed by atoms with Crippen LogP contribution in [-0.4, -0.2) is 59.5 Å². The largest absolute Gasteiger partial charge is 0.451 e. The van der Waals surface area contributed by atoms with Crippen LogP contribution < -0.4 is 0 Å². The average Bonchev–Trinajstić information content (AvgIpc) is 3.41. The molecule has 0 atom stereocenters. The van der Waals surface area contributed by atoms with Gasteiger partial charge in [-0.2, -0.15) is 10.2 Å². The highest BCUT2D eigenvalue weighted by molar-refractivity contribution is 5.85. The maximum atomic E-state index is 12.0. The molecule has 1 aliphatic heterocycles. The maximum absolute atomic E-state index is 12.0. The fourth-order valence-corrected chi connectivity index (χ4v) is 3.48. The van der Waals surface area contributed by atoms with E-state index < -0.39 is 0 Å². The number of piperidine rings is 1. The van der Waals surface area contributed by atoms with Crippen LogP contribution in [0.5, 0.6) is 0 Å². The number of aromatic nitrogens is 3. The smallest absolute Gasteiger partial charge is 0.409 e. The summed E-state index contributed by atoms with van der Waals surface area (Å²) in [4.78, 5) is 22.2. The number of rotatable bonds is 6. The third-order valence-electron chi connectivity index (χ3n) is 5.09. The molecule has 0 aromatic carbocycles. The molecule has 1 amide bonds. The van der Waals surface area contributed by atoms with Crippen molar-refractivity contribution in [2.24, 2.45) is 5.92 Å². The molecule has 10 heteroatoms. The van der Waals surface area contributed by atoms with Crippen molar-refractivity contribution in [3.8, 4) is 17.7 Å². The van der Waals surface area contributed by atoms with Crippen molar-refractivity contribution < 1.29 is 23.2 Å². The zero-order valence-corrected chi connectivity index (χ0v) is 16.5. The Bertz CT molecular complexity index is 1060. The van der Waals surface area contributed by atoms with Gasteiger partial charge in [0.05, 0.1) is 12.0 Å². The third-order valence-corrected chi connectivity index (χ3v) is 5.09. The molecule has 0 bridgehead atoms. The van der Waals surface area contributed by atoms with Crippen LogP contribution in [0, 0.1) is 17.2 Å². The number of furan rings is 1. The Hall–Kier alpha value is -3.45. The molecule has 0 saturated carbocycles. The summed E-state index contributed by atoms with van der Waals surface area (Å²) in [5.41, 5.74) is 0.829. The van der Waals surface area contributed by atoms with Gasteiger partial charge < -0.3 is 23.3 Å². The van der Waals surface area contributed by atoms with Gasteiger partial charge in [0.25, 0.3) is 5.89 Å². The highest BCUT2D eigenvalue weighted by Crippen LogP contribution is 2.29. The number of pyridine rings is 1. The van der Waals surface area contributed by atoms with E-state index >= 15 is 0 Å². The van der Waals surface area contributed by atoms with Gasteiger partial charge >= 0.3 is 6.09 Å². The van der Waals surface area contributed by atoms with Crippen molar-refractivity contribution in [3.05, 3.63) is 29.8 Å². The molecular formula is C20H21N5O5. The SMILES string of the molecule is COCCOC(=O)N1CCC(Cc2noc(-c3cc4c(C#N)nccc4o3)n2)CC1. The number of nitrogens with zero attached hydrogens (tertiary/aromatic N) is 5. The van der Waals surface area contributed by atoms with Crippen LogP contribution in [0.3, 0.4) is 0 Å². The van der Waals surface area contributed by atoms with Gasteiger partial charge in [-0.05, 0) is 24.8 Å². The number of ether oxygens (including phenoxy) is 2.